The van der Waals surface area contributed by atoms with E-state index in [1.54, 1.807) is 12.1 Å². The maximum atomic E-state index is 14.2. The van der Waals surface area contributed by atoms with Crippen LogP contribution in [0.2, 0.25) is 0 Å². The summed E-state index contributed by atoms with van der Waals surface area (Å²) in [5.74, 6) is -0.0231. The molecule has 2 aromatic rings. The number of methoxy groups -OCH3 is 3. The Morgan fingerprint density at radius 1 is 0.964 bits per heavy atom. The van der Waals surface area contributed by atoms with Gasteiger partial charge in [0.15, 0.2) is 23.1 Å². The van der Waals surface area contributed by atoms with E-state index in [9.17, 15) is 14.0 Å². The lowest BCUT2D eigenvalue weighted by molar-refractivity contribution is -0.126. The molecular formula is C20H21FN2O5. The smallest absolute Gasteiger partial charge is 0.332 e. The molecule has 7 nitrogen and oxygen atoms in total. The highest BCUT2D eigenvalue weighted by Gasteiger charge is 2.45. The monoisotopic (exact) mass is 388 g/mol. The first-order chi connectivity index (χ1) is 13.3. The molecule has 1 fully saturated rings. The number of aryl methyl sites for hydroxylation is 1. The van der Waals surface area contributed by atoms with Crippen molar-refractivity contribution in [3.05, 3.63) is 47.3 Å². The van der Waals surface area contributed by atoms with Crippen LogP contribution in [0.15, 0.2) is 30.3 Å². The van der Waals surface area contributed by atoms with Gasteiger partial charge in [0.25, 0.3) is 5.91 Å². The second-order valence-corrected chi connectivity index (χ2v) is 6.34. The largest absolute Gasteiger partial charge is 0.494 e. The van der Waals surface area contributed by atoms with Crippen molar-refractivity contribution in [2.75, 3.05) is 33.3 Å². The first kappa shape index (κ1) is 19.5. The van der Waals surface area contributed by atoms with Crippen LogP contribution >= 0.6 is 0 Å². The van der Waals surface area contributed by atoms with Crippen LogP contribution in [-0.4, -0.2) is 45.2 Å². The summed E-state index contributed by atoms with van der Waals surface area (Å²) >= 11 is 0. The van der Waals surface area contributed by atoms with Crippen LogP contribution in [0.5, 0.6) is 17.2 Å². The van der Waals surface area contributed by atoms with Crippen molar-refractivity contribution in [2.45, 2.75) is 13.0 Å². The molecule has 28 heavy (non-hydrogen) atoms. The van der Waals surface area contributed by atoms with E-state index < -0.39 is 23.8 Å². The van der Waals surface area contributed by atoms with E-state index in [1.165, 1.54) is 51.5 Å². The van der Waals surface area contributed by atoms with Gasteiger partial charge >= 0.3 is 6.03 Å². The van der Waals surface area contributed by atoms with Crippen LogP contribution in [0.3, 0.4) is 0 Å². The molecule has 1 saturated heterocycles. The molecule has 3 amide bonds. The van der Waals surface area contributed by atoms with Gasteiger partial charge in [0.05, 0.1) is 21.3 Å². The highest BCUT2D eigenvalue weighted by Crippen LogP contribution is 2.40. The van der Waals surface area contributed by atoms with Crippen LogP contribution in [0.4, 0.5) is 14.9 Å². The van der Waals surface area contributed by atoms with Gasteiger partial charge in [-0.25, -0.2) is 9.18 Å². The second-order valence-electron chi connectivity index (χ2n) is 6.34. The molecular weight excluding hydrogens is 367 g/mol. The van der Waals surface area contributed by atoms with Crippen molar-refractivity contribution in [1.29, 1.82) is 0 Å². The minimum absolute atomic E-state index is 0.0496. The molecule has 148 valence electrons. The van der Waals surface area contributed by atoms with Crippen LogP contribution in [-0.2, 0) is 4.79 Å². The predicted octanol–water partition coefficient (Wildman–Crippen LogP) is 3.30. The van der Waals surface area contributed by atoms with Gasteiger partial charge in [-0.05, 0) is 42.3 Å². The summed E-state index contributed by atoms with van der Waals surface area (Å²) in [6.45, 7) is 1.81. The fourth-order valence-electron chi connectivity index (χ4n) is 3.36. The van der Waals surface area contributed by atoms with E-state index in [1.807, 2.05) is 6.92 Å². The van der Waals surface area contributed by atoms with Crippen molar-refractivity contribution in [1.82, 2.24) is 4.90 Å². The number of rotatable bonds is 5. The minimum Gasteiger partial charge on any atom is -0.494 e. The molecule has 0 radical (unpaired) electrons. The summed E-state index contributed by atoms with van der Waals surface area (Å²) in [5, 5.41) is 0. The summed E-state index contributed by atoms with van der Waals surface area (Å²) in [5.41, 5.74) is 1.53. The first-order valence-corrected chi connectivity index (χ1v) is 8.50. The highest BCUT2D eigenvalue weighted by molar-refractivity contribution is 6.14. The number of hydrogen-bond acceptors (Lipinski definition) is 5. The lowest BCUT2D eigenvalue weighted by atomic mass is 10.0. The number of halogens is 1. The van der Waals surface area contributed by atoms with Gasteiger partial charge in [-0.3, -0.25) is 14.6 Å². The van der Waals surface area contributed by atoms with Crippen LogP contribution in [0, 0.1) is 12.7 Å². The molecule has 1 aliphatic heterocycles. The molecule has 1 unspecified atom stereocenters. The molecule has 0 N–H and O–H groups in total. The normalized spacial score (nSPS) is 16.6. The zero-order chi connectivity index (χ0) is 20.6. The van der Waals surface area contributed by atoms with Crippen LogP contribution in [0.1, 0.15) is 17.2 Å². The predicted molar refractivity (Wildman–Crippen MR) is 101 cm³/mol. The fourth-order valence-corrected chi connectivity index (χ4v) is 3.36. The number of anilines is 1. The minimum atomic E-state index is -0.955. The van der Waals surface area contributed by atoms with E-state index in [0.29, 0.717) is 17.1 Å². The lowest BCUT2D eigenvalue weighted by Crippen LogP contribution is -2.30. The molecule has 0 aliphatic carbocycles. The Morgan fingerprint density at radius 2 is 1.64 bits per heavy atom. The molecule has 0 bridgehead atoms. The second kappa shape index (κ2) is 7.38. The lowest BCUT2D eigenvalue weighted by Gasteiger charge is -2.24. The first-order valence-electron chi connectivity index (χ1n) is 8.50. The van der Waals surface area contributed by atoms with Crippen molar-refractivity contribution < 1.29 is 28.2 Å². The Morgan fingerprint density at radius 3 is 2.21 bits per heavy atom. The summed E-state index contributed by atoms with van der Waals surface area (Å²) in [6, 6.07) is 6.02. The number of carbonyl (C=O) groups excluding carboxylic acids is 2. The van der Waals surface area contributed by atoms with E-state index in [4.69, 9.17) is 14.2 Å². The number of amides is 3. The summed E-state index contributed by atoms with van der Waals surface area (Å²) < 4.78 is 29.9. The van der Waals surface area contributed by atoms with Crippen LogP contribution < -0.4 is 19.1 Å². The third-order valence-electron chi connectivity index (χ3n) is 4.73. The zero-order valence-corrected chi connectivity index (χ0v) is 16.3. The van der Waals surface area contributed by atoms with Crippen molar-refractivity contribution in [2.24, 2.45) is 0 Å². The van der Waals surface area contributed by atoms with Gasteiger partial charge in [0, 0.05) is 18.8 Å². The number of nitrogens with zero attached hydrogens (tertiary/aromatic N) is 2. The van der Waals surface area contributed by atoms with Crippen molar-refractivity contribution in [3.63, 3.8) is 0 Å². The molecule has 1 atom stereocenters. The topological polar surface area (TPSA) is 68.3 Å². The zero-order valence-electron chi connectivity index (χ0n) is 16.3. The number of hydrogen-bond donors (Lipinski definition) is 0. The number of ether oxygens (including phenoxy) is 3. The Balaban J connectivity index is 2.15. The van der Waals surface area contributed by atoms with Crippen molar-refractivity contribution in [3.8, 4) is 17.2 Å². The number of urea groups is 1. The Bertz CT molecular complexity index is 946. The van der Waals surface area contributed by atoms with E-state index in [0.717, 1.165) is 10.5 Å². The van der Waals surface area contributed by atoms with E-state index in [-0.39, 0.29) is 11.4 Å². The van der Waals surface area contributed by atoms with Crippen molar-refractivity contribution >= 4 is 17.6 Å². The fraction of sp³-hybridized carbons (Fsp3) is 0.300. The standard InChI is InChI=1S/C20H21FN2O5/c1-11-8-12(9-16(27-4)18(11)28-5)17-19(24)22(2)20(25)23(17)13-6-7-15(26-3)14(21)10-13/h6-10,17H,1-5H3. The molecule has 3 rings (SSSR count). The molecule has 0 saturated carbocycles. The quantitative estimate of drug-likeness (QED) is 0.735. The molecule has 2 aromatic carbocycles. The average Bonchev–Trinajstić information content (AvgIpc) is 2.91. The van der Waals surface area contributed by atoms with Gasteiger partial charge in [-0.2, -0.15) is 0 Å². The summed E-state index contributed by atoms with van der Waals surface area (Å²) in [7, 11) is 5.76. The Kier molecular flexibility index (Phi) is 5.13. The molecule has 8 heteroatoms. The molecule has 0 spiro atoms. The summed E-state index contributed by atoms with van der Waals surface area (Å²) in [6.07, 6.45) is 0. The number of likely N-dealkylation sites (N-methyl/N-ethyl adjacent to an activating group) is 1. The molecule has 0 aromatic heterocycles. The van der Waals surface area contributed by atoms with Gasteiger partial charge in [0.2, 0.25) is 0 Å². The maximum absolute atomic E-state index is 14.2. The van der Waals surface area contributed by atoms with Crippen LogP contribution in [0.25, 0.3) is 0 Å². The number of carbonyl (C=O) groups is 2. The highest BCUT2D eigenvalue weighted by atomic mass is 19.1. The molecule has 1 aliphatic rings. The van der Waals surface area contributed by atoms with Gasteiger partial charge < -0.3 is 14.2 Å². The third-order valence-corrected chi connectivity index (χ3v) is 4.73. The Hall–Kier alpha value is -3.29. The SMILES string of the molecule is COc1ccc(N2C(=O)N(C)C(=O)C2c2cc(C)c(OC)c(OC)c2)cc1F. The van der Waals surface area contributed by atoms with Gasteiger partial charge in [-0.1, -0.05) is 0 Å². The van der Waals surface area contributed by atoms with E-state index in [2.05, 4.69) is 0 Å². The van der Waals surface area contributed by atoms with Gasteiger partial charge in [0.1, 0.15) is 6.04 Å². The Labute approximate surface area is 162 Å². The van der Waals surface area contributed by atoms with Gasteiger partial charge in [-0.15, -0.1) is 0 Å². The van der Waals surface area contributed by atoms with E-state index >= 15 is 0 Å². The third kappa shape index (κ3) is 3.00. The molecule has 1 heterocycles. The maximum Gasteiger partial charge on any atom is 0.332 e. The number of benzene rings is 2. The number of imide groups is 1. The summed E-state index contributed by atoms with van der Waals surface area (Å²) in [4.78, 5) is 27.9. The average molecular weight is 388 g/mol.